The first-order valence-corrected chi connectivity index (χ1v) is 10.1. The van der Waals surface area contributed by atoms with Gasteiger partial charge in [0.1, 0.15) is 5.82 Å². The molecule has 28 heavy (non-hydrogen) atoms. The lowest BCUT2D eigenvalue weighted by atomic mass is 10.2. The second-order valence-corrected chi connectivity index (χ2v) is 7.85. The molecule has 1 aliphatic heterocycles. The zero-order valence-corrected chi connectivity index (χ0v) is 16.6. The third-order valence-electron chi connectivity index (χ3n) is 4.58. The van der Waals surface area contributed by atoms with E-state index < -0.39 is 0 Å². The van der Waals surface area contributed by atoms with Crippen LogP contribution in [0.5, 0.6) is 0 Å². The molecular weight excluding hydrogens is 376 g/mol. The number of amides is 2. The molecule has 0 unspecified atom stereocenters. The molecule has 0 aliphatic carbocycles. The van der Waals surface area contributed by atoms with Crippen molar-refractivity contribution in [3.8, 4) is 11.4 Å². The lowest BCUT2D eigenvalue weighted by Gasteiger charge is -2.35. The van der Waals surface area contributed by atoms with Crippen LogP contribution in [0, 0.1) is 0 Å². The lowest BCUT2D eigenvalue weighted by Crippen LogP contribution is -2.50. The summed E-state index contributed by atoms with van der Waals surface area (Å²) in [5, 5.41) is 9.76. The summed E-state index contributed by atoms with van der Waals surface area (Å²) in [6.45, 7) is 6.82. The number of thiophene rings is 1. The van der Waals surface area contributed by atoms with Crippen LogP contribution in [0.2, 0.25) is 0 Å². The molecule has 1 N–H and O–H groups in total. The van der Waals surface area contributed by atoms with Gasteiger partial charge in [-0.25, -0.2) is 9.78 Å². The number of rotatable bonds is 4. The van der Waals surface area contributed by atoms with Gasteiger partial charge in [-0.2, -0.15) is 4.98 Å². The van der Waals surface area contributed by atoms with E-state index in [2.05, 4.69) is 25.3 Å². The van der Waals surface area contributed by atoms with Crippen molar-refractivity contribution >= 4 is 28.2 Å². The van der Waals surface area contributed by atoms with Gasteiger partial charge in [0.05, 0.1) is 5.00 Å². The number of nitrogens with zero attached hydrogens (tertiary/aromatic N) is 5. The predicted molar refractivity (Wildman–Crippen MR) is 109 cm³/mol. The Bertz CT molecular complexity index is 914. The lowest BCUT2D eigenvalue weighted by molar-refractivity contribution is 0.208. The molecule has 0 saturated carbocycles. The van der Waals surface area contributed by atoms with Crippen LogP contribution in [0.1, 0.15) is 25.7 Å². The van der Waals surface area contributed by atoms with Crippen molar-refractivity contribution in [1.29, 1.82) is 0 Å². The summed E-state index contributed by atoms with van der Waals surface area (Å²) in [7, 11) is 0. The van der Waals surface area contributed by atoms with Crippen molar-refractivity contribution in [2.45, 2.75) is 19.8 Å². The second-order valence-electron chi connectivity index (χ2n) is 6.90. The van der Waals surface area contributed by atoms with Crippen molar-refractivity contribution in [3.63, 3.8) is 0 Å². The van der Waals surface area contributed by atoms with Gasteiger partial charge in [0, 0.05) is 43.9 Å². The van der Waals surface area contributed by atoms with E-state index in [0.29, 0.717) is 24.8 Å². The van der Waals surface area contributed by atoms with E-state index in [1.807, 2.05) is 48.4 Å². The Morgan fingerprint density at radius 2 is 2.04 bits per heavy atom. The van der Waals surface area contributed by atoms with E-state index in [4.69, 9.17) is 4.52 Å². The van der Waals surface area contributed by atoms with Gasteiger partial charge in [0.2, 0.25) is 11.7 Å². The van der Waals surface area contributed by atoms with Crippen LogP contribution in [0.15, 0.2) is 40.4 Å². The van der Waals surface area contributed by atoms with Gasteiger partial charge in [0.25, 0.3) is 0 Å². The summed E-state index contributed by atoms with van der Waals surface area (Å²) in [6, 6.07) is 7.68. The van der Waals surface area contributed by atoms with Crippen molar-refractivity contribution in [2.24, 2.45) is 0 Å². The first-order valence-electron chi connectivity index (χ1n) is 9.24. The Balaban J connectivity index is 1.35. The minimum atomic E-state index is -0.0523. The van der Waals surface area contributed by atoms with Crippen molar-refractivity contribution in [3.05, 3.63) is 41.7 Å². The third kappa shape index (κ3) is 3.99. The molecule has 0 atom stereocenters. The van der Waals surface area contributed by atoms with Gasteiger partial charge in [-0.1, -0.05) is 19.0 Å². The molecule has 0 radical (unpaired) electrons. The highest BCUT2D eigenvalue weighted by molar-refractivity contribution is 7.14. The average molecular weight is 398 g/mol. The summed E-state index contributed by atoms with van der Waals surface area (Å²) in [5.41, 5.74) is 0.827. The Morgan fingerprint density at radius 3 is 2.64 bits per heavy atom. The largest absolute Gasteiger partial charge is 0.353 e. The molecule has 146 valence electrons. The topological polar surface area (TPSA) is 87.4 Å². The van der Waals surface area contributed by atoms with E-state index in [0.717, 1.165) is 29.5 Å². The molecule has 1 fully saturated rings. The predicted octanol–water partition coefficient (Wildman–Crippen LogP) is 3.67. The average Bonchev–Trinajstić information content (AvgIpc) is 3.40. The minimum Gasteiger partial charge on any atom is -0.353 e. The molecule has 1 aliphatic rings. The molecule has 2 amide bonds. The number of piperazine rings is 1. The maximum atomic E-state index is 12.3. The molecule has 8 nitrogen and oxygen atoms in total. The molecule has 4 heterocycles. The molecule has 0 spiro atoms. The molecule has 0 bridgehead atoms. The van der Waals surface area contributed by atoms with E-state index in [-0.39, 0.29) is 11.9 Å². The first kappa shape index (κ1) is 18.4. The Morgan fingerprint density at radius 1 is 1.21 bits per heavy atom. The van der Waals surface area contributed by atoms with Gasteiger partial charge < -0.3 is 14.3 Å². The standard InChI is InChI=1S/C19H22N6O2S/c1-13(2)18-22-17(23-27-18)14-5-6-15(20-12-14)24-7-9-25(10-8-24)19(26)21-16-4-3-11-28-16/h3-6,11-13H,7-10H2,1-2H3,(H,21,26). The van der Waals surface area contributed by atoms with E-state index in [1.165, 1.54) is 11.3 Å². The summed E-state index contributed by atoms with van der Waals surface area (Å²) in [5.74, 6) is 2.25. The van der Waals surface area contributed by atoms with E-state index >= 15 is 0 Å². The SMILES string of the molecule is CC(C)c1nc(-c2ccc(N3CCN(C(=O)Nc4cccs4)CC3)nc2)no1. The summed E-state index contributed by atoms with van der Waals surface area (Å²) in [4.78, 5) is 25.3. The highest BCUT2D eigenvalue weighted by atomic mass is 32.1. The Hall–Kier alpha value is -2.94. The molecular formula is C19H22N6O2S. The van der Waals surface area contributed by atoms with Gasteiger partial charge in [0.15, 0.2) is 0 Å². The number of pyridine rings is 1. The number of carbonyl (C=O) groups excluding carboxylic acids is 1. The Labute approximate surface area is 167 Å². The van der Waals surface area contributed by atoms with Crippen LogP contribution in [-0.4, -0.2) is 52.2 Å². The van der Waals surface area contributed by atoms with E-state index in [1.54, 1.807) is 6.20 Å². The minimum absolute atomic E-state index is 0.0523. The third-order valence-corrected chi connectivity index (χ3v) is 5.37. The molecule has 1 saturated heterocycles. The maximum absolute atomic E-state index is 12.3. The second kappa shape index (κ2) is 7.97. The summed E-state index contributed by atoms with van der Waals surface area (Å²) < 4.78 is 5.26. The van der Waals surface area contributed by atoms with Crippen LogP contribution in [0.4, 0.5) is 15.6 Å². The maximum Gasteiger partial charge on any atom is 0.322 e. The summed E-state index contributed by atoms with van der Waals surface area (Å²) >= 11 is 1.52. The van der Waals surface area contributed by atoms with Crippen LogP contribution in [-0.2, 0) is 0 Å². The monoisotopic (exact) mass is 398 g/mol. The number of carbonyl (C=O) groups is 1. The van der Waals surface area contributed by atoms with Crippen molar-refractivity contribution in [2.75, 3.05) is 36.4 Å². The number of hydrogen-bond acceptors (Lipinski definition) is 7. The summed E-state index contributed by atoms with van der Waals surface area (Å²) in [6.07, 6.45) is 1.76. The van der Waals surface area contributed by atoms with E-state index in [9.17, 15) is 4.79 Å². The smallest absolute Gasteiger partial charge is 0.322 e. The zero-order valence-electron chi connectivity index (χ0n) is 15.8. The van der Waals surface area contributed by atoms with Crippen molar-refractivity contribution < 1.29 is 9.32 Å². The fourth-order valence-corrected chi connectivity index (χ4v) is 3.57. The van der Waals surface area contributed by atoms with Crippen LogP contribution < -0.4 is 10.2 Å². The first-order chi connectivity index (χ1) is 13.6. The molecule has 3 aromatic rings. The number of urea groups is 1. The van der Waals surface area contributed by atoms with Crippen LogP contribution >= 0.6 is 11.3 Å². The number of hydrogen-bond donors (Lipinski definition) is 1. The highest BCUT2D eigenvalue weighted by Gasteiger charge is 2.22. The van der Waals surface area contributed by atoms with Gasteiger partial charge >= 0.3 is 6.03 Å². The molecule has 4 rings (SSSR count). The fraction of sp³-hybridized carbons (Fsp3) is 0.368. The number of anilines is 2. The number of nitrogens with one attached hydrogen (secondary N) is 1. The quantitative estimate of drug-likeness (QED) is 0.721. The fourth-order valence-electron chi connectivity index (χ4n) is 2.97. The zero-order chi connectivity index (χ0) is 19.5. The van der Waals surface area contributed by atoms with Crippen LogP contribution in [0.25, 0.3) is 11.4 Å². The normalized spacial score (nSPS) is 14.5. The molecule has 0 aromatic carbocycles. The molecule has 9 heteroatoms. The van der Waals surface area contributed by atoms with Gasteiger partial charge in [-0.3, -0.25) is 5.32 Å². The Kier molecular flexibility index (Phi) is 5.25. The van der Waals surface area contributed by atoms with Gasteiger partial charge in [-0.15, -0.1) is 11.3 Å². The van der Waals surface area contributed by atoms with Gasteiger partial charge in [-0.05, 0) is 29.6 Å². The molecule has 3 aromatic heterocycles. The number of aromatic nitrogens is 3. The van der Waals surface area contributed by atoms with Crippen molar-refractivity contribution in [1.82, 2.24) is 20.0 Å². The highest BCUT2D eigenvalue weighted by Crippen LogP contribution is 2.22. The van der Waals surface area contributed by atoms with Crippen LogP contribution in [0.3, 0.4) is 0 Å².